The molecule has 0 radical (unpaired) electrons. The molecule has 8 atom stereocenters. The van der Waals surface area contributed by atoms with E-state index in [1.165, 1.54) is 44.9 Å². The van der Waals surface area contributed by atoms with E-state index in [1.807, 2.05) is 13.0 Å². The van der Waals surface area contributed by atoms with Gasteiger partial charge in [-0.3, -0.25) is 0 Å². The lowest BCUT2D eigenvalue weighted by molar-refractivity contribution is -0.139. The highest BCUT2D eigenvalue weighted by Gasteiger charge is 2.40. The van der Waals surface area contributed by atoms with Crippen molar-refractivity contribution in [1.82, 2.24) is 0 Å². The van der Waals surface area contributed by atoms with Crippen LogP contribution < -0.4 is 0 Å². The van der Waals surface area contributed by atoms with Crippen molar-refractivity contribution >= 4 is 5.97 Å². The molecule has 0 aliphatic carbocycles. The molecule has 0 aromatic carbocycles. The molecule has 0 aromatic heterocycles. The number of unbranched alkanes of at least 4 members (excludes halogenated alkanes) is 10. The maximum atomic E-state index is 11.6. The van der Waals surface area contributed by atoms with Gasteiger partial charge in [-0.1, -0.05) is 77.6 Å². The summed E-state index contributed by atoms with van der Waals surface area (Å²) < 4.78 is 17.6. The third-order valence-electron chi connectivity index (χ3n) is 9.56. The van der Waals surface area contributed by atoms with Crippen LogP contribution in [-0.4, -0.2) is 70.1 Å². The van der Waals surface area contributed by atoms with Crippen LogP contribution in [0.2, 0.25) is 0 Å². The van der Waals surface area contributed by atoms with Crippen LogP contribution in [0.4, 0.5) is 0 Å². The van der Waals surface area contributed by atoms with Gasteiger partial charge in [-0.25, -0.2) is 4.79 Å². The van der Waals surface area contributed by atoms with Crippen molar-refractivity contribution in [2.75, 3.05) is 0 Å². The third kappa shape index (κ3) is 12.9. The number of cyclic esters (lactones) is 1. The van der Waals surface area contributed by atoms with Crippen LogP contribution in [0.3, 0.4) is 0 Å². The number of esters is 1. The lowest BCUT2D eigenvalue weighted by Crippen LogP contribution is -2.33. The Morgan fingerprint density at radius 2 is 1.19 bits per heavy atom. The Balaban J connectivity index is 1.16. The number of hydrogen-bond donors (Lipinski definition) is 3. The molecule has 2 unspecified atom stereocenters. The number of hydrogen-bond acceptors (Lipinski definition) is 7. The number of ether oxygens (including phenoxy) is 3. The highest BCUT2D eigenvalue weighted by molar-refractivity contribution is 5.90. The first-order valence-corrected chi connectivity index (χ1v) is 17.6. The van der Waals surface area contributed by atoms with Crippen molar-refractivity contribution in [3.8, 4) is 0 Å². The van der Waals surface area contributed by atoms with E-state index in [-0.39, 0.29) is 42.6 Å². The van der Waals surface area contributed by atoms with Gasteiger partial charge < -0.3 is 29.5 Å². The predicted octanol–water partition coefficient (Wildman–Crippen LogP) is 7.08. The summed E-state index contributed by atoms with van der Waals surface area (Å²) in [5.41, 5.74) is 0.851. The molecule has 7 heteroatoms. The monoisotopic (exact) mass is 594 g/mol. The maximum absolute atomic E-state index is 11.6. The summed E-state index contributed by atoms with van der Waals surface area (Å²) in [4.78, 5) is 11.6. The second kappa shape index (κ2) is 20.1. The number of aliphatic hydroxyl groups excluding tert-OH is 3. The third-order valence-corrected chi connectivity index (χ3v) is 9.56. The molecule has 3 heterocycles. The lowest BCUT2D eigenvalue weighted by Gasteiger charge is -2.24. The van der Waals surface area contributed by atoms with E-state index in [2.05, 4.69) is 6.92 Å². The first kappa shape index (κ1) is 35.5. The summed E-state index contributed by atoms with van der Waals surface area (Å²) in [6, 6.07) is 0. The Morgan fingerprint density at radius 1 is 0.690 bits per heavy atom. The minimum atomic E-state index is -0.482. The van der Waals surface area contributed by atoms with Crippen molar-refractivity contribution in [2.24, 2.45) is 0 Å². The zero-order chi connectivity index (χ0) is 30.2. The van der Waals surface area contributed by atoms with Crippen LogP contribution in [0, 0.1) is 0 Å². The van der Waals surface area contributed by atoms with Gasteiger partial charge in [-0.05, 0) is 83.6 Å². The van der Waals surface area contributed by atoms with Crippen LogP contribution in [0.1, 0.15) is 155 Å². The summed E-state index contributed by atoms with van der Waals surface area (Å²) in [5.74, 6) is -0.133. The van der Waals surface area contributed by atoms with E-state index in [0.29, 0.717) is 6.42 Å². The zero-order valence-corrected chi connectivity index (χ0v) is 26.7. The van der Waals surface area contributed by atoms with Crippen molar-refractivity contribution in [3.05, 3.63) is 11.6 Å². The molecular formula is C35H62O7. The highest BCUT2D eigenvalue weighted by Crippen LogP contribution is 2.34. The minimum Gasteiger partial charge on any atom is -0.455 e. The van der Waals surface area contributed by atoms with Gasteiger partial charge >= 0.3 is 5.97 Å². The normalized spacial score (nSPS) is 28.2. The summed E-state index contributed by atoms with van der Waals surface area (Å²) in [7, 11) is 0. The summed E-state index contributed by atoms with van der Waals surface area (Å²) in [6.45, 7) is 4.10. The zero-order valence-electron chi connectivity index (χ0n) is 26.7. The molecule has 3 N–H and O–H groups in total. The van der Waals surface area contributed by atoms with E-state index in [9.17, 15) is 20.1 Å². The lowest BCUT2D eigenvalue weighted by atomic mass is 9.99. The molecule has 7 nitrogen and oxygen atoms in total. The molecular weight excluding hydrogens is 532 g/mol. The van der Waals surface area contributed by atoms with E-state index < -0.39 is 12.2 Å². The van der Waals surface area contributed by atoms with Crippen molar-refractivity contribution in [1.29, 1.82) is 0 Å². The first-order valence-electron chi connectivity index (χ1n) is 17.6. The molecule has 3 rings (SSSR count). The fraction of sp³-hybridized carbons (Fsp3) is 0.914. The van der Waals surface area contributed by atoms with Gasteiger partial charge in [0.2, 0.25) is 0 Å². The standard InChI is InChI=1S/C35H62O7/c1-3-4-5-13-17-28(36)18-15-20-30(38)32-22-24-34(42-32)33-23-21-31(41-33)29(37)19-14-11-9-7-6-8-10-12-16-27-25-26(2)40-35(27)39/h25-26,28-34,36-38H,3-24H2,1-2H3/t26?,28?,29-,30+,31-,32-,33-,34-/m1/s1. The number of aliphatic hydroxyl groups is 3. The van der Waals surface area contributed by atoms with E-state index >= 15 is 0 Å². The molecule has 0 saturated carbocycles. The average Bonchev–Trinajstić information content (AvgIpc) is 3.72. The van der Waals surface area contributed by atoms with Gasteiger partial charge in [0.25, 0.3) is 0 Å². The molecule has 42 heavy (non-hydrogen) atoms. The van der Waals surface area contributed by atoms with Gasteiger partial charge in [-0.15, -0.1) is 0 Å². The molecule has 3 aliphatic heterocycles. The number of rotatable bonds is 23. The molecule has 3 aliphatic rings. The molecule has 0 bridgehead atoms. The quantitative estimate of drug-likeness (QED) is 0.0858. The highest BCUT2D eigenvalue weighted by atomic mass is 16.6. The number of carbonyl (C=O) groups excluding carboxylic acids is 1. The predicted molar refractivity (Wildman–Crippen MR) is 166 cm³/mol. The van der Waals surface area contributed by atoms with Gasteiger partial charge in [-0.2, -0.15) is 0 Å². The Hall–Kier alpha value is -0.990. The second-order valence-electron chi connectivity index (χ2n) is 13.3. The second-order valence-corrected chi connectivity index (χ2v) is 13.3. The minimum absolute atomic E-state index is 0.0123. The molecule has 244 valence electrons. The smallest absolute Gasteiger partial charge is 0.334 e. The summed E-state index contributed by atoms with van der Waals surface area (Å²) >= 11 is 0. The summed E-state index contributed by atoms with van der Waals surface area (Å²) in [5, 5.41) is 31.6. The van der Waals surface area contributed by atoms with Crippen molar-refractivity contribution in [3.63, 3.8) is 0 Å². The van der Waals surface area contributed by atoms with Crippen LogP contribution in [0.15, 0.2) is 11.6 Å². The average molecular weight is 595 g/mol. The van der Waals surface area contributed by atoms with E-state index in [0.717, 1.165) is 95.5 Å². The van der Waals surface area contributed by atoms with Gasteiger partial charge in [0.1, 0.15) is 6.10 Å². The molecule has 2 fully saturated rings. The van der Waals surface area contributed by atoms with Crippen LogP contribution in [0.25, 0.3) is 0 Å². The molecule has 0 aromatic rings. The number of carbonyl (C=O) groups is 1. The Kier molecular flexibility index (Phi) is 17.0. The van der Waals surface area contributed by atoms with Gasteiger partial charge in [0.05, 0.1) is 42.7 Å². The maximum Gasteiger partial charge on any atom is 0.334 e. The van der Waals surface area contributed by atoms with Crippen LogP contribution in [0.5, 0.6) is 0 Å². The van der Waals surface area contributed by atoms with Gasteiger partial charge in [0, 0.05) is 5.57 Å². The van der Waals surface area contributed by atoms with Crippen molar-refractivity contribution < 1.29 is 34.3 Å². The Labute approximate surface area is 255 Å². The Morgan fingerprint density at radius 3 is 1.76 bits per heavy atom. The fourth-order valence-corrected chi connectivity index (χ4v) is 6.92. The molecule has 0 spiro atoms. The molecule has 2 saturated heterocycles. The van der Waals surface area contributed by atoms with Crippen molar-refractivity contribution in [2.45, 2.75) is 204 Å². The van der Waals surface area contributed by atoms with Crippen LogP contribution >= 0.6 is 0 Å². The Bertz CT molecular complexity index is 770. The largest absolute Gasteiger partial charge is 0.455 e. The van der Waals surface area contributed by atoms with E-state index in [4.69, 9.17) is 14.2 Å². The topological polar surface area (TPSA) is 105 Å². The SMILES string of the molecule is CCCCCCC(O)CCC[C@H](O)[C@H]1CC[C@H]([C@H]2CC[C@H]([C@H](O)CCCCCCCCCCC3=CC(C)OC3=O)O2)O1. The summed E-state index contributed by atoms with van der Waals surface area (Å²) in [6.07, 6.45) is 22.8. The fourth-order valence-electron chi connectivity index (χ4n) is 6.92. The molecule has 0 amide bonds. The van der Waals surface area contributed by atoms with Gasteiger partial charge in [0.15, 0.2) is 0 Å². The van der Waals surface area contributed by atoms with Crippen LogP contribution in [-0.2, 0) is 19.0 Å². The van der Waals surface area contributed by atoms with E-state index in [1.54, 1.807) is 0 Å². The first-order chi connectivity index (χ1) is 20.4.